The molecule has 0 aliphatic heterocycles. The van der Waals surface area contributed by atoms with Gasteiger partial charge in [0.1, 0.15) is 0 Å². The van der Waals surface area contributed by atoms with Gasteiger partial charge in [-0.05, 0) is 37.0 Å². The van der Waals surface area contributed by atoms with E-state index in [1.807, 2.05) is 0 Å². The van der Waals surface area contributed by atoms with E-state index in [0.717, 1.165) is 25.4 Å². The van der Waals surface area contributed by atoms with Gasteiger partial charge in [0.2, 0.25) is 0 Å². The van der Waals surface area contributed by atoms with E-state index in [4.69, 9.17) is 0 Å². The summed E-state index contributed by atoms with van der Waals surface area (Å²) >= 11 is 0. The minimum absolute atomic E-state index is 0.122. The Morgan fingerprint density at radius 2 is 1.83 bits per heavy atom. The van der Waals surface area contributed by atoms with Gasteiger partial charge in [-0.15, -0.1) is 0 Å². The normalized spacial score (nSPS) is 25.7. The smallest absolute Gasteiger partial charge is 0.0667 e. The molecule has 2 aliphatic carbocycles. The lowest BCUT2D eigenvalue weighted by Crippen LogP contribution is -2.36. The van der Waals surface area contributed by atoms with Crippen LogP contribution in [0, 0.1) is 11.3 Å². The Kier molecular flexibility index (Phi) is 5.50. The van der Waals surface area contributed by atoms with Gasteiger partial charge in [-0.3, -0.25) is 0 Å². The number of rotatable bonds is 7. The molecular weight excluding hydrogens is 222 g/mol. The molecule has 0 amide bonds. The lowest BCUT2D eigenvalue weighted by Gasteiger charge is -2.28. The van der Waals surface area contributed by atoms with Gasteiger partial charge < -0.3 is 10.4 Å². The Morgan fingerprint density at radius 3 is 2.44 bits per heavy atom. The maximum Gasteiger partial charge on any atom is 0.0667 e. The van der Waals surface area contributed by atoms with Crippen molar-refractivity contribution in [2.45, 2.75) is 77.2 Å². The van der Waals surface area contributed by atoms with Gasteiger partial charge in [-0.2, -0.15) is 0 Å². The van der Waals surface area contributed by atoms with Gasteiger partial charge in [0.15, 0.2) is 0 Å². The largest absolute Gasteiger partial charge is 0.392 e. The molecule has 2 aliphatic rings. The molecule has 1 atom stereocenters. The fourth-order valence-corrected chi connectivity index (χ4v) is 4.00. The van der Waals surface area contributed by atoms with E-state index in [2.05, 4.69) is 12.2 Å². The zero-order valence-electron chi connectivity index (χ0n) is 12.1. The lowest BCUT2D eigenvalue weighted by atomic mass is 9.83. The third-order valence-electron chi connectivity index (χ3n) is 5.37. The molecule has 106 valence electrons. The Morgan fingerprint density at radius 1 is 1.17 bits per heavy atom. The Bertz CT molecular complexity index is 229. The number of nitrogens with one attached hydrogen (secondary N) is 1. The molecular formula is C16H31NO. The predicted octanol–water partition coefficient (Wildman–Crippen LogP) is 3.49. The second-order valence-electron chi connectivity index (χ2n) is 6.73. The third kappa shape index (κ3) is 3.96. The van der Waals surface area contributed by atoms with Crippen molar-refractivity contribution in [3.05, 3.63) is 0 Å². The maximum absolute atomic E-state index is 10.1. The van der Waals surface area contributed by atoms with Gasteiger partial charge in [-0.25, -0.2) is 0 Å². The van der Waals surface area contributed by atoms with E-state index in [1.165, 1.54) is 57.8 Å². The molecule has 2 nitrogen and oxygen atoms in total. The van der Waals surface area contributed by atoms with Crippen LogP contribution in [0.15, 0.2) is 0 Å². The van der Waals surface area contributed by atoms with Crippen LogP contribution in [-0.2, 0) is 0 Å². The van der Waals surface area contributed by atoms with Crippen LogP contribution in [-0.4, -0.2) is 24.3 Å². The minimum atomic E-state index is -0.122. The fourth-order valence-electron chi connectivity index (χ4n) is 4.00. The second kappa shape index (κ2) is 6.91. The average molecular weight is 253 g/mol. The SMILES string of the molecule is CCC1(CNCC(O)CC2CCCC2)CCCC1. The van der Waals surface area contributed by atoms with Crippen molar-refractivity contribution in [3.8, 4) is 0 Å². The maximum atomic E-state index is 10.1. The highest BCUT2D eigenvalue weighted by molar-refractivity contribution is 4.85. The molecule has 2 fully saturated rings. The highest BCUT2D eigenvalue weighted by atomic mass is 16.3. The Labute approximate surface area is 113 Å². The topological polar surface area (TPSA) is 32.3 Å². The van der Waals surface area contributed by atoms with E-state index < -0.39 is 0 Å². The molecule has 2 N–H and O–H groups in total. The van der Waals surface area contributed by atoms with Crippen molar-refractivity contribution in [2.75, 3.05) is 13.1 Å². The molecule has 1 unspecified atom stereocenters. The quantitative estimate of drug-likeness (QED) is 0.728. The van der Waals surface area contributed by atoms with Crippen molar-refractivity contribution < 1.29 is 5.11 Å². The van der Waals surface area contributed by atoms with Crippen molar-refractivity contribution >= 4 is 0 Å². The van der Waals surface area contributed by atoms with E-state index >= 15 is 0 Å². The molecule has 0 bridgehead atoms. The van der Waals surface area contributed by atoms with Gasteiger partial charge in [-0.1, -0.05) is 45.4 Å². The summed E-state index contributed by atoms with van der Waals surface area (Å²) < 4.78 is 0. The van der Waals surface area contributed by atoms with Crippen molar-refractivity contribution in [1.82, 2.24) is 5.32 Å². The summed E-state index contributed by atoms with van der Waals surface area (Å²) in [5.41, 5.74) is 0.549. The van der Waals surface area contributed by atoms with Crippen LogP contribution in [0.2, 0.25) is 0 Å². The van der Waals surface area contributed by atoms with Gasteiger partial charge in [0.25, 0.3) is 0 Å². The lowest BCUT2D eigenvalue weighted by molar-refractivity contribution is 0.134. The van der Waals surface area contributed by atoms with Crippen LogP contribution in [0.5, 0.6) is 0 Å². The van der Waals surface area contributed by atoms with Crippen molar-refractivity contribution in [1.29, 1.82) is 0 Å². The molecule has 18 heavy (non-hydrogen) atoms. The summed E-state index contributed by atoms with van der Waals surface area (Å²) in [5, 5.41) is 13.6. The first-order valence-corrected chi connectivity index (χ1v) is 8.13. The van der Waals surface area contributed by atoms with E-state index in [1.54, 1.807) is 0 Å². The zero-order chi connectivity index (χ0) is 12.8. The van der Waals surface area contributed by atoms with E-state index in [0.29, 0.717) is 5.41 Å². The van der Waals surface area contributed by atoms with Crippen LogP contribution >= 0.6 is 0 Å². The van der Waals surface area contributed by atoms with Crippen LogP contribution in [0.3, 0.4) is 0 Å². The van der Waals surface area contributed by atoms with Gasteiger partial charge in [0.05, 0.1) is 6.10 Å². The highest BCUT2D eigenvalue weighted by Gasteiger charge is 2.31. The summed E-state index contributed by atoms with van der Waals surface area (Å²) in [6, 6.07) is 0. The Balaban J connectivity index is 1.61. The Hall–Kier alpha value is -0.0800. The summed E-state index contributed by atoms with van der Waals surface area (Å²) in [6.07, 6.45) is 13.2. The molecule has 0 aromatic rings. The predicted molar refractivity (Wildman–Crippen MR) is 76.6 cm³/mol. The van der Waals surface area contributed by atoms with Crippen LogP contribution in [0.1, 0.15) is 71.1 Å². The fraction of sp³-hybridized carbons (Fsp3) is 1.00. The summed E-state index contributed by atoms with van der Waals surface area (Å²) in [6.45, 7) is 4.24. The monoisotopic (exact) mass is 253 g/mol. The van der Waals surface area contributed by atoms with Crippen LogP contribution in [0.25, 0.3) is 0 Å². The molecule has 0 aromatic carbocycles. The average Bonchev–Trinajstić information content (AvgIpc) is 3.01. The van der Waals surface area contributed by atoms with Crippen LogP contribution < -0.4 is 5.32 Å². The first-order chi connectivity index (χ1) is 8.74. The molecule has 0 spiro atoms. The minimum Gasteiger partial charge on any atom is -0.392 e. The molecule has 2 saturated carbocycles. The summed E-state index contributed by atoms with van der Waals surface area (Å²) in [7, 11) is 0. The first-order valence-electron chi connectivity index (χ1n) is 8.13. The molecule has 0 radical (unpaired) electrons. The van der Waals surface area contributed by atoms with Crippen molar-refractivity contribution in [2.24, 2.45) is 11.3 Å². The van der Waals surface area contributed by atoms with Gasteiger partial charge >= 0.3 is 0 Å². The van der Waals surface area contributed by atoms with Gasteiger partial charge in [0, 0.05) is 13.1 Å². The van der Waals surface area contributed by atoms with Crippen LogP contribution in [0.4, 0.5) is 0 Å². The summed E-state index contributed by atoms with van der Waals surface area (Å²) in [5.74, 6) is 0.799. The molecule has 0 heterocycles. The van der Waals surface area contributed by atoms with Crippen molar-refractivity contribution in [3.63, 3.8) is 0 Å². The number of hydrogen-bond acceptors (Lipinski definition) is 2. The zero-order valence-corrected chi connectivity index (χ0v) is 12.1. The molecule has 2 heteroatoms. The molecule has 0 aromatic heterocycles. The molecule has 0 saturated heterocycles. The van der Waals surface area contributed by atoms with E-state index in [9.17, 15) is 5.11 Å². The number of aliphatic hydroxyl groups excluding tert-OH is 1. The standard InChI is InChI=1S/C16H31NO/c1-2-16(9-5-6-10-16)13-17-12-15(18)11-14-7-3-4-8-14/h14-15,17-18H,2-13H2,1H3. The first kappa shape index (κ1) is 14.3. The molecule has 2 rings (SSSR count). The summed E-state index contributed by atoms with van der Waals surface area (Å²) in [4.78, 5) is 0. The second-order valence-corrected chi connectivity index (χ2v) is 6.73. The van der Waals surface area contributed by atoms with E-state index in [-0.39, 0.29) is 6.10 Å². The highest BCUT2D eigenvalue weighted by Crippen LogP contribution is 2.40. The third-order valence-corrected chi connectivity index (χ3v) is 5.37. The number of aliphatic hydroxyl groups is 1. The number of hydrogen-bond donors (Lipinski definition) is 2.